The molecule has 0 aliphatic carbocycles. The van der Waals surface area contributed by atoms with Crippen LogP contribution in [-0.4, -0.2) is 59.1 Å². The van der Waals surface area contributed by atoms with E-state index in [4.69, 9.17) is 0 Å². The van der Waals surface area contributed by atoms with Crippen LogP contribution in [0.25, 0.3) is 0 Å². The van der Waals surface area contributed by atoms with Gasteiger partial charge in [0.2, 0.25) is 5.91 Å². The summed E-state index contributed by atoms with van der Waals surface area (Å²) in [6.07, 6.45) is 2.04. The number of halogens is 1. The van der Waals surface area contributed by atoms with Crippen LogP contribution in [0.2, 0.25) is 0 Å². The molecule has 30 heavy (non-hydrogen) atoms. The zero-order valence-electron chi connectivity index (χ0n) is 17.2. The fourth-order valence-corrected chi connectivity index (χ4v) is 4.72. The molecule has 3 atom stereocenters. The maximum atomic E-state index is 13.7. The molecule has 1 amide bonds. The molecule has 2 heterocycles. The monoisotopic (exact) mass is 406 g/mol. The van der Waals surface area contributed by atoms with Crippen LogP contribution in [0.3, 0.4) is 0 Å². The molecule has 2 aliphatic heterocycles. The first kappa shape index (κ1) is 20.6. The molecule has 2 aromatic carbocycles. The van der Waals surface area contributed by atoms with E-state index in [-0.39, 0.29) is 36.3 Å². The van der Waals surface area contributed by atoms with Crippen LogP contribution in [0, 0.1) is 17.7 Å². The van der Waals surface area contributed by atoms with E-state index in [1.807, 2.05) is 29.2 Å². The van der Waals surface area contributed by atoms with Crippen LogP contribution < -0.4 is 0 Å². The summed E-state index contributed by atoms with van der Waals surface area (Å²) in [6, 6.07) is 14.8. The third-order valence-corrected chi connectivity index (χ3v) is 6.33. The van der Waals surface area contributed by atoms with Gasteiger partial charge in [0.15, 0.2) is 0 Å². The second-order valence-corrected chi connectivity index (χ2v) is 8.10. The molecule has 0 spiro atoms. The lowest BCUT2D eigenvalue weighted by Crippen LogP contribution is -2.67. The summed E-state index contributed by atoms with van der Waals surface area (Å²) < 4.78 is 13.7. The Morgan fingerprint density at radius 2 is 1.83 bits per heavy atom. The molecule has 156 valence electrons. The largest absolute Gasteiger partial charge is 0.395 e. The average molecular weight is 407 g/mol. The van der Waals surface area contributed by atoms with E-state index in [1.54, 1.807) is 25.1 Å². The van der Waals surface area contributed by atoms with Crippen LogP contribution in [0.15, 0.2) is 48.5 Å². The Labute approximate surface area is 177 Å². The van der Waals surface area contributed by atoms with Gasteiger partial charge in [-0.3, -0.25) is 9.69 Å². The first-order valence-corrected chi connectivity index (χ1v) is 10.6. The lowest BCUT2D eigenvalue weighted by Gasteiger charge is -2.57. The van der Waals surface area contributed by atoms with Gasteiger partial charge >= 0.3 is 0 Å². The van der Waals surface area contributed by atoms with Crippen molar-refractivity contribution in [2.24, 2.45) is 0 Å². The molecule has 0 unspecified atom stereocenters. The van der Waals surface area contributed by atoms with Gasteiger partial charge in [-0.25, -0.2) is 4.39 Å². The SMILES string of the molecule is CC(=O)N1CCCCN2[C@H](CO)[C@H](c3ccc(C#Cc4ccccc4F)cc3)[C@H]2C1. The molecule has 5 heteroatoms. The summed E-state index contributed by atoms with van der Waals surface area (Å²) in [5.74, 6) is 5.89. The minimum absolute atomic E-state index is 0.0808. The number of benzene rings is 2. The van der Waals surface area contributed by atoms with Gasteiger partial charge in [0.25, 0.3) is 0 Å². The highest BCUT2D eigenvalue weighted by atomic mass is 19.1. The van der Waals surface area contributed by atoms with Crippen molar-refractivity contribution in [1.82, 2.24) is 9.80 Å². The van der Waals surface area contributed by atoms with Crippen molar-refractivity contribution in [1.29, 1.82) is 0 Å². The highest BCUT2D eigenvalue weighted by Gasteiger charge is 2.49. The summed E-state index contributed by atoms with van der Waals surface area (Å²) in [6.45, 7) is 4.21. The van der Waals surface area contributed by atoms with Gasteiger partial charge in [-0.15, -0.1) is 0 Å². The van der Waals surface area contributed by atoms with Crippen molar-refractivity contribution in [3.63, 3.8) is 0 Å². The summed E-state index contributed by atoms with van der Waals surface area (Å²) in [5, 5.41) is 10.0. The molecule has 4 nitrogen and oxygen atoms in total. The molecule has 2 aromatic rings. The predicted octanol–water partition coefficient (Wildman–Crippen LogP) is 3.00. The maximum absolute atomic E-state index is 13.7. The smallest absolute Gasteiger partial charge is 0.219 e. The highest BCUT2D eigenvalue weighted by Crippen LogP contribution is 2.41. The van der Waals surface area contributed by atoms with E-state index in [2.05, 4.69) is 16.7 Å². The molecule has 0 radical (unpaired) electrons. The highest BCUT2D eigenvalue weighted by molar-refractivity contribution is 5.73. The molecule has 4 rings (SSSR count). The van der Waals surface area contributed by atoms with Gasteiger partial charge in [-0.05, 0) is 49.2 Å². The predicted molar refractivity (Wildman–Crippen MR) is 114 cm³/mol. The Balaban J connectivity index is 1.54. The minimum Gasteiger partial charge on any atom is -0.395 e. The number of carbonyl (C=O) groups is 1. The van der Waals surface area contributed by atoms with Gasteiger partial charge in [0.1, 0.15) is 5.82 Å². The fourth-order valence-electron chi connectivity index (χ4n) is 4.72. The Kier molecular flexibility index (Phi) is 6.17. The Morgan fingerprint density at radius 3 is 2.53 bits per heavy atom. The van der Waals surface area contributed by atoms with Crippen molar-refractivity contribution in [3.05, 3.63) is 71.0 Å². The summed E-state index contributed by atoms with van der Waals surface area (Å²) in [4.78, 5) is 16.3. The van der Waals surface area contributed by atoms with E-state index >= 15 is 0 Å². The van der Waals surface area contributed by atoms with Crippen LogP contribution in [-0.2, 0) is 4.79 Å². The van der Waals surface area contributed by atoms with E-state index in [0.29, 0.717) is 12.1 Å². The van der Waals surface area contributed by atoms with Crippen molar-refractivity contribution in [3.8, 4) is 11.8 Å². The molecule has 2 saturated heterocycles. The number of nitrogens with zero attached hydrogens (tertiary/aromatic N) is 2. The van der Waals surface area contributed by atoms with Crippen molar-refractivity contribution < 1.29 is 14.3 Å². The third kappa shape index (κ3) is 4.12. The number of hydrogen-bond donors (Lipinski definition) is 1. The molecular formula is C25H27FN2O2. The van der Waals surface area contributed by atoms with Gasteiger partial charge in [-0.1, -0.05) is 36.1 Å². The van der Waals surface area contributed by atoms with Crippen molar-refractivity contribution >= 4 is 5.91 Å². The summed E-state index contributed by atoms with van der Waals surface area (Å²) >= 11 is 0. The lowest BCUT2D eigenvalue weighted by atomic mass is 9.74. The Morgan fingerprint density at radius 1 is 1.10 bits per heavy atom. The number of carbonyl (C=O) groups excluding carboxylic acids is 1. The van der Waals surface area contributed by atoms with Gasteiger partial charge in [-0.2, -0.15) is 0 Å². The number of rotatable bonds is 2. The zero-order chi connectivity index (χ0) is 21.1. The molecule has 2 fully saturated rings. The van der Waals surface area contributed by atoms with E-state index < -0.39 is 0 Å². The van der Waals surface area contributed by atoms with Gasteiger partial charge in [0.05, 0.1) is 12.2 Å². The van der Waals surface area contributed by atoms with Gasteiger partial charge in [0, 0.05) is 43.6 Å². The zero-order valence-corrected chi connectivity index (χ0v) is 17.2. The minimum atomic E-state index is -0.318. The number of aliphatic hydroxyl groups is 1. The standard InChI is InChI=1S/C25H27FN2O2/c1-18(30)27-14-4-5-15-28-23(16-27)25(24(28)17-29)21-12-9-19(10-13-21)8-11-20-6-2-3-7-22(20)26/h2-3,6-7,9-10,12-13,23-25,29H,4-5,14-17H2,1H3/t23-,24-,25-/m1/s1. The summed E-state index contributed by atoms with van der Waals surface area (Å²) in [7, 11) is 0. The number of amides is 1. The Hall–Kier alpha value is -2.68. The fraction of sp³-hybridized carbons (Fsp3) is 0.400. The molecule has 0 saturated carbocycles. The molecule has 0 aromatic heterocycles. The number of aliphatic hydroxyl groups excluding tert-OH is 1. The van der Waals surface area contributed by atoms with Crippen LogP contribution in [0.4, 0.5) is 4.39 Å². The molecule has 0 bridgehead atoms. The average Bonchev–Trinajstić information content (AvgIpc) is 2.72. The van der Waals surface area contributed by atoms with Gasteiger partial charge < -0.3 is 10.0 Å². The first-order chi connectivity index (χ1) is 14.6. The third-order valence-electron chi connectivity index (χ3n) is 6.33. The van der Waals surface area contributed by atoms with E-state index in [9.17, 15) is 14.3 Å². The maximum Gasteiger partial charge on any atom is 0.219 e. The second kappa shape index (κ2) is 8.99. The number of hydrogen-bond acceptors (Lipinski definition) is 3. The van der Waals surface area contributed by atoms with E-state index in [1.165, 1.54) is 6.07 Å². The van der Waals surface area contributed by atoms with E-state index in [0.717, 1.165) is 37.1 Å². The quantitative estimate of drug-likeness (QED) is 0.780. The second-order valence-electron chi connectivity index (χ2n) is 8.10. The normalized spacial score (nSPS) is 24.0. The first-order valence-electron chi connectivity index (χ1n) is 10.6. The van der Waals surface area contributed by atoms with Crippen molar-refractivity contribution in [2.45, 2.75) is 37.8 Å². The Bertz CT molecular complexity index is 963. The van der Waals surface area contributed by atoms with Crippen LogP contribution in [0.1, 0.15) is 42.4 Å². The molecular weight excluding hydrogens is 379 g/mol. The summed E-state index contributed by atoms with van der Waals surface area (Å²) in [5.41, 5.74) is 2.35. The van der Waals surface area contributed by atoms with Crippen molar-refractivity contribution in [2.75, 3.05) is 26.2 Å². The molecule has 2 aliphatic rings. The topological polar surface area (TPSA) is 43.8 Å². The van der Waals surface area contributed by atoms with Crippen LogP contribution in [0.5, 0.6) is 0 Å². The van der Waals surface area contributed by atoms with Crippen LogP contribution >= 0.6 is 0 Å². The molecule has 1 N–H and O–H groups in total. The number of fused-ring (bicyclic) bond motifs is 1. The lowest BCUT2D eigenvalue weighted by molar-refractivity contribution is -0.134.